The van der Waals surface area contributed by atoms with Crippen molar-refractivity contribution in [1.29, 1.82) is 2.86 Å². The summed E-state index contributed by atoms with van der Waals surface area (Å²) in [6, 6.07) is 61.0. The molecule has 2 heterocycles. The standard InChI is InChI=1S/C18H22O2.C11H10O2.C10H8O3.C10H14O3.C10H12O.C9H12O2.2C7H7Cl.CH3F.2CH2F.2CH2O3.CH4.Cl3OP.4K.Na.H2O.H2/c1-13(2)16-11-17(19-4)14(3)10-18(16)20-12-15-8-6-5-7-9-15;1-7-3-4-9-8(2)6-11(12)13-10(9)5-7;1-6-4-10(12)13-9-5-7(11)2-3-8(6)9;1-6(2)7-4-10(13-3)9(12)5-8(7)11;1-7(2)9-5-4-8(3)6-10(9)11;1-6(2)8-4-3-7(10)5-9(8)11;2*8-6-7-4-2-1-3-5-7;3*1-2;2*2-1-4-3;;1-5(2,3)4;;;;;;;/h5-11,13H,12H2,1-4H3;3-6H,1-2H3;2-5,11H,1H3;4-6,11-12H,1-3H3;4-6,11H,1H2,2-3H3;3-6,10-11H,1-2H3;2*1-5H,6H2;1H3;2*1H2;2*1,3H;1H4;;;;;;;1H2;1H/q;;;;;;;;;2*-1;;;;;5*+1;;/p-1/i;;;;;;;;1D;;;;;;;;;;;;;/hD2. The largest absolute Gasteiger partial charge is 1.00 e. The number of halogens is 8. The van der Waals surface area contributed by atoms with Crippen molar-refractivity contribution < 1.29 is 345 Å². The Morgan fingerprint density at radius 1 is 0.512 bits per heavy atom. The molecule has 0 fully saturated rings. The van der Waals surface area contributed by atoms with Crippen LogP contribution in [0, 0.1) is 49.0 Å². The molecular weight excluding hydrogens is 1840 g/mol. The molecule has 2 aromatic heterocycles. The van der Waals surface area contributed by atoms with Crippen LogP contribution in [-0.4, -0.2) is 81.0 Å². The molecule has 0 saturated heterocycles. The summed E-state index contributed by atoms with van der Waals surface area (Å²) in [6.45, 7) is 28.2. The molecule has 11 rings (SSSR count). The Labute approximate surface area is 943 Å². The fourth-order valence-corrected chi connectivity index (χ4v) is 9.67. The molecule has 11 aromatic rings. The molecule has 9 aromatic carbocycles. The van der Waals surface area contributed by atoms with Crippen LogP contribution < -0.4 is 261 Å². The van der Waals surface area contributed by atoms with Gasteiger partial charge in [-0.05, 0) is 197 Å². The summed E-state index contributed by atoms with van der Waals surface area (Å²) in [5, 5.41) is 60.4. The number of allylic oxidation sites excluding steroid dienone is 1. The van der Waals surface area contributed by atoms with Gasteiger partial charge >= 0.3 is 264 Å². The molecule has 0 amide bonds. The van der Waals surface area contributed by atoms with Crippen molar-refractivity contribution in [2.45, 2.75) is 127 Å². The van der Waals surface area contributed by atoms with Crippen molar-refractivity contribution in [3.05, 3.63) is 309 Å². The van der Waals surface area contributed by atoms with Gasteiger partial charge in [0.15, 0.2) is 11.5 Å². The van der Waals surface area contributed by atoms with Gasteiger partial charge in [0.25, 0.3) is 2.86 Å². The van der Waals surface area contributed by atoms with Crippen molar-refractivity contribution >= 4 is 103 Å². The van der Waals surface area contributed by atoms with Gasteiger partial charge in [-0.15, -0.1) is 23.2 Å². The van der Waals surface area contributed by atoms with Crippen molar-refractivity contribution in [3.63, 3.8) is 0 Å². The fraction of sp³-hybridized carbons (Fsp3) is 0.250. The predicted octanol–water partition coefficient (Wildman–Crippen LogP) is 10.8. The maximum absolute atomic E-state index is 11.0. The average molecular weight is 1950 g/mol. The van der Waals surface area contributed by atoms with E-state index < -0.39 is 18.0 Å². The van der Waals surface area contributed by atoms with Gasteiger partial charge in [-0.2, -0.15) is 14.4 Å². The average Bonchev–Trinajstić information content (AvgIpc) is 0.827. The quantitative estimate of drug-likeness (QED) is 0.00691. The number of phenols is 6. The van der Waals surface area contributed by atoms with Gasteiger partial charge in [0.1, 0.15) is 58.0 Å². The third-order valence-electron chi connectivity index (χ3n) is 14.7. The molecule has 0 atom stereocenters. The van der Waals surface area contributed by atoms with Gasteiger partial charge in [-0.1, -0.05) is 177 Å². The third kappa shape index (κ3) is 63.8. The molecule has 9 N–H and O–H groups in total. The molecule has 0 aliphatic rings. The maximum atomic E-state index is 11.0. The molecule has 0 aliphatic heterocycles. The van der Waals surface area contributed by atoms with E-state index in [1.165, 1.54) is 59.7 Å². The summed E-state index contributed by atoms with van der Waals surface area (Å²) in [5.74, 6) is 5.12. The number of carbonyl (C=O) groups excluding carboxylic acids is 2. The SMILES string of the molecule is C.C=C(C)c1ccc(C)cc1O.CC(C)c1ccc(O)cc1O.COc1cc(C(C)C)c(O)cc1O.COc1cc(C(C)C)c(OCc2ccccc2)cc1C.Cc1cc(=O)oc2cc(O)ccc12.Cc1ccc2c(C)cc(=O)oc2c1.ClCc1ccccc1.ClCc1ccccc1.O=P(Cl)(Cl)Cl.[2H]CF.[2H]OOC=O.[2H]OOC=O.[CH2-]F.[CH2-]F.[HH].[K+].[K+].[K+].[K+].[Na+].[OH-]. The van der Waals surface area contributed by atoms with Gasteiger partial charge in [0.05, 0.1) is 22.7 Å². The Hall–Kier alpha value is -2.82. The van der Waals surface area contributed by atoms with E-state index in [0.717, 1.165) is 72.4 Å². The molecule has 652 valence electrons. The number of carbonyl (C=O) groups is 2. The van der Waals surface area contributed by atoms with Crippen molar-refractivity contribution in [2.75, 3.05) is 21.4 Å². The molecule has 35 heteroatoms. The first-order valence-electron chi connectivity index (χ1n) is 35.8. The molecule has 0 aliphatic carbocycles. The number of benzene rings is 9. The van der Waals surface area contributed by atoms with E-state index in [2.05, 4.69) is 98.7 Å². The van der Waals surface area contributed by atoms with Crippen LogP contribution in [0.2, 0.25) is 0 Å². The van der Waals surface area contributed by atoms with E-state index in [4.69, 9.17) is 70.3 Å². The summed E-state index contributed by atoms with van der Waals surface area (Å²) in [4.78, 5) is 46.5. The molecule has 0 saturated carbocycles. The van der Waals surface area contributed by atoms with E-state index in [-0.39, 0.29) is 309 Å². The summed E-state index contributed by atoms with van der Waals surface area (Å²) in [7, 11) is 5.69. The smallest absolute Gasteiger partial charge is 0.870 e. The monoisotopic (exact) mass is 1950 g/mol. The number of ether oxygens (including phenoxy) is 3. The van der Waals surface area contributed by atoms with Crippen molar-refractivity contribution in [3.8, 4) is 51.7 Å². The van der Waals surface area contributed by atoms with Gasteiger partial charge in [0, 0.05) is 71.0 Å². The van der Waals surface area contributed by atoms with Crippen LogP contribution in [0.4, 0.5) is 13.2 Å². The zero-order valence-corrected chi connectivity index (χ0v) is 91.4. The molecule has 21 nitrogen and oxygen atoms in total. The van der Waals surface area contributed by atoms with E-state index in [9.17, 15) is 47.8 Å². The molecule has 0 bridgehead atoms. The zero-order valence-electron chi connectivity index (χ0n) is 75.2. The number of aryl methyl sites for hydroxylation is 5. The minimum atomic E-state index is -3.22. The number of hydrogen-bond donors (Lipinski definition) is 8. The predicted molar refractivity (Wildman–Crippen MR) is 473 cm³/mol. The number of fused-ring (bicyclic) bond motifs is 2. The van der Waals surface area contributed by atoms with Gasteiger partial charge in [0.2, 0.25) is 0 Å². The Bertz CT molecular complexity index is 4710. The van der Waals surface area contributed by atoms with E-state index >= 15 is 0 Å². The van der Waals surface area contributed by atoms with Crippen LogP contribution in [0.15, 0.2) is 225 Å². The third-order valence-corrected chi connectivity index (χ3v) is 15.3. The molecule has 0 spiro atoms. The second kappa shape index (κ2) is 83.5. The number of hydrogen-bond acceptors (Lipinski definition) is 21. The van der Waals surface area contributed by atoms with Crippen LogP contribution >= 0.6 is 62.1 Å². The maximum Gasteiger partial charge on any atom is 1.00 e. The molecule has 123 heavy (non-hydrogen) atoms. The first kappa shape index (κ1) is 133. The molecule has 0 radical (unpaired) electrons. The minimum absolute atomic E-state index is 0. The Morgan fingerprint density at radius 3 is 1.24 bits per heavy atom. The molecule has 0 unspecified atom stereocenters. The summed E-state index contributed by atoms with van der Waals surface area (Å²) in [5.41, 5.74) is 13.6. The Kier molecular flexibility index (Phi) is 90.5. The van der Waals surface area contributed by atoms with Gasteiger partial charge in [-0.25, -0.2) is 20.1 Å². The topological polar surface area (TPSA) is 350 Å². The van der Waals surface area contributed by atoms with Crippen LogP contribution in [0.5, 0.6) is 51.7 Å². The first-order chi connectivity index (χ1) is 56.3. The van der Waals surface area contributed by atoms with Crippen LogP contribution in [0.1, 0.15) is 143 Å². The van der Waals surface area contributed by atoms with E-state index in [1.54, 1.807) is 57.9 Å². The van der Waals surface area contributed by atoms with Gasteiger partial charge < -0.3 is 77.7 Å². The van der Waals surface area contributed by atoms with Crippen LogP contribution in [0.25, 0.3) is 30.4 Å². The zero-order chi connectivity index (χ0) is 91.3. The molecular formula is C88H110Cl5F3K4NaO21P+2. The van der Waals surface area contributed by atoms with Gasteiger partial charge in [-0.3, -0.25) is 18.5 Å². The first-order valence-corrected chi connectivity index (χ1v) is 39.7. The van der Waals surface area contributed by atoms with E-state index in [1.807, 2.05) is 178 Å². The second-order valence-electron chi connectivity index (χ2n) is 24.4. The summed E-state index contributed by atoms with van der Waals surface area (Å²) in [6.07, 6.45) is 0. The second-order valence-corrected chi connectivity index (χ2v) is 31.6. The number of rotatable bonds is 15. The Morgan fingerprint density at radius 2 is 0.878 bits per heavy atom. The fourth-order valence-electron chi connectivity index (χ4n) is 9.31. The summed E-state index contributed by atoms with van der Waals surface area (Å²) < 4.78 is 81.1. The number of methoxy groups -OCH3 is 2. The normalized spacial score (nSPS) is 9.34. The number of alkyl halides is 3. The number of phenolic OH excluding ortho intramolecular Hbond substituents is 6. The van der Waals surface area contributed by atoms with Crippen LogP contribution in [0.3, 0.4) is 0 Å². The minimum Gasteiger partial charge on any atom is -0.870 e. The van der Waals surface area contributed by atoms with E-state index in [0.29, 0.717) is 46.9 Å². The van der Waals surface area contributed by atoms with Crippen molar-refractivity contribution in [1.82, 2.24) is 0 Å². The van der Waals surface area contributed by atoms with Crippen molar-refractivity contribution in [2.24, 2.45) is 0 Å². The number of aromatic hydroxyl groups is 6. The summed E-state index contributed by atoms with van der Waals surface area (Å²) >= 11 is 24.9. The Balaban J connectivity index is -0.000000130. The van der Waals surface area contributed by atoms with Crippen LogP contribution in [-0.2, 0) is 42.3 Å².